The van der Waals surface area contributed by atoms with Crippen LogP contribution in [0.1, 0.15) is 0 Å². The molecule has 4 rings (SSSR count). The molecule has 1 heterocycles. The van der Waals surface area contributed by atoms with Gasteiger partial charge in [-0.2, -0.15) is 0 Å². The number of aliphatic hydroxyl groups is 1. The highest BCUT2D eigenvalue weighted by molar-refractivity contribution is 5.70. The van der Waals surface area contributed by atoms with E-state index >= 15 is 0 Å². The van der Waals surface area contributed by atoms with Crippen LogP contribution in [0.3, 0.4) is 0 Å². The summed E-state index contributed by atoms with van der Waals surface area (Å²) in [6.07, 6.45) is -0.540. The maximum absolute atomic E-state index is 10.6. The summed E-state index contributed by atoms with van der Waals surface area (Å²) in [5.74, 6) is 1.70. The second kappa shape index (κ2) is 10.3. The molecule has 1 saturated heterocycles. The van der Waals surface area contributed by atoms with Gasteiger partial charge in [0.1, 0.15) is 24.2 Å². The molecule has 0 amide bonds. The number of anilines is 1. The molecular formula is C26H30N2O3. The van der Waals surface area contributed by atoms with Crippen molar-refractivity contribution in [2.75, 3.05) is 51.3 Å². The summed E-state index contributed by atoms with van der Waals surface area (Å²) < 4.78 is 11.5. The summed E-state index contributed by atoms with van der Waals surface area (Å²) in [5.41, 5.74) is 3.28. The molecule has 0 spiro atoms. The number of ether oxygens (including phenoxy) is 2. The van der Waals surface area contributed by atoms with Gasteiger partial charge in [0.15, 0.2) is 0 Å². The van der Waals surface area contributed by atoms with Gasteiger partial charge in [0.2, 0.25) is 0 Å². The van der Waals surface area contributed by atoms with Gasteiger partial charge in [-0.25, -0.2) is 0 Å². The third-order valence-electron chi connectivity index (χ3n) is 5.67. The van der Waals surface area contributed by atoms with E-state index in [2.05, 4.69) is 28.0 Å². The molecule has 3 aromatic carbocycles. The van der Waals surface area contributed by atoms with Gasteiger partial charge in [0, 0.05) is 38.3 Å². The minimum Gasteiger partial charge on any atom is -0.495 e. The Morgan fingerprint density at radius 1 is 0.806 bits per heavy atom. The second-order valence-corrected chi connectivity index (χ2v) is 7.79. The zero-order valence-corrected chi connectivity index (χ0v) is 18.0. The van der Waals surface area contributed by atoms with Crippen molar-refractivity contribution >= 4 is 5.69 Å². The van der Waals surface area contributed by atoms with Crippen LogP contribution < -0.4 is 14.4 Å². The molecule has 0 bridgehead atoms. The van der Waals surface area contributed by atoms with E-state index < -0.39 is 6.10 Å². The number of β-amino-alcohol motifs (C(OH)–C–C–N with tert-alkyl or cyclic N) is 1. The van der Waals surface area contributed by atoms with Crippen LogP contribution in [-0.4, -0.2) is 62.6 Å². The molecular weight excluding hydrogens is 388 g/mol. The number of aliphatic hydroxyl groups excluding tert-OH is 1. The fourth-order valence-corrected chi connectivity index (χ4v) is 4.05. The molecule has 3 aromatic rings. The standard InChI is InChI=1S/C26H30N2O3/c1-30-26-14-8-6-12-24(26)28-17-15-27(16-18-28)19-22(29)20-31-25-13-7-5-11-23(25)21-9-3-2-4-10-21/h2-14,22,29H,15-20H2,1H3/t22-/m1/s1. The molecule has 0 aliphatic carbocycles. The van der Waals surface area contributed by atoms with Crippen LogP contribution in [0.25, 0.3) is 11.1 Å². The average molecular weight is 419 g/mol. The van der Waals surface area contributed by atoms with Gasteiger partial charge in [0.05, 0.1) is 12.8 Å². The molecule has 162 valence electrons. The minimum absolute atomic E-state index is 0.274. The summed E-state index contributed by atoms with van der Waals surface area (Å²) >= 11 is 0. The van der Waals surface area contributed by atoms with Gasteiger partial charge in [0.25, 0.3) is 0 Å². The molecule has 31 heavy (non-hydrogen) atoms. The van der Waals surface area contributed by atoms with E-state index in [1.807, 2.05) is 60.7 Å². The molecule has 0 aromatic heterocycles. The fraction of sp³-hybridized carbons (Fsp3) is 0.308. The van der Waals surface area contributed by atoms with E-state index in [4.69, 9.17) is 9.47 Å². The smallest absolute Gasteiger partial charge is 0.142 e. The molecule has 5 heteroatoms. The molecule has 0 radical (unpaired) electrons. The Kier molecular flexibility index (Phi) is 7.07. The van der Waals surface area contributed by atoms with Crippen LogP contribution >= 0.6 is 0 Å². The molecule has 1 N–H and O–H groups in total. The fourth-order valence-electron chi connectivity index (χ4n) is 4.05. The van der Waals surface area contributed by atoms with Crippen molar-refractivity contribution in [3.8, 4) is 22.6 Å². The highest BCUT2D eigenvalue weighted by Gasteiger charge is 2.21. The van der Waals surface area contributed by atoms with Crippen molar-refractivity contribution in [2.45, 2.75) is 6.10 Å². The van der Waals surface area contributed by atoms with Crippen LogP contribution in [0.2, 0.25) is 0 Å². The van der Waals surface area contributed by atoms with Crippen molar-refractivity contribution in [1.82, 2.24) is 4.90 Å². The maximum atomic E-state index is 10.6. The van der Waals surface area contributed by atoms with Crippen molar-refractivity contribution < 1.29 is 14.6 Å². The predicted octanol–water partition coefficient (Wildman–Crippen LogP) is 3.92. The first-order chi connectivity index (χ1) is 15.2. The Bertz CT molecular complexity index is 956. The SMILES string of the molecule is COc1ccccc1N1CCN(C[C@@H](O)COc2ccccc2-c2ccccc2)CC1. The summed E-state index contributed by atoms with van der Waals surface area (Å²) in [7, 11) is 1.71. The van der Waals surface area contributed by atoms with Gasteiger partial charge >= 0.3 is 0 Å². The zero-order valence-electron chi connectivity index (χ0n) is 18.0. The topological polar surface area (TPSA) is 45.2 Å². The zero-order chi connectivity index (χ0) is 21.5. The number of para-hydroxylation sites is 3. The third kappa shape index (κ3) is 5.37. The first kappa shape index (κ1) is 21.2. The van der Waals surface area contributed by atoms with Crippen LogP contribution in [0.5, 0.6) is 11.5 Å². The third-order valence-corrected chi connectivity index (χ3v) is 5.67. The molecule has 1 atom stereocenters. The van der Waals surface area contributed by atoms with Crippen LogP contribution in [0, 0.1) is 0 Å². The van der Waals surface area contributed by atoms with Crippen molar-refractivity contribution in [2.24, 2.45) is 0 Å². The van der Waals surface area contributed by atoms with Gasteiger partial charge in [-0.05, 0) is 23.8 Å². The first-order valence-electron chi connectivity index (χ1n) is 10.8. The Hall–Kier alpha value is -3.02. The Labute approximate surface area is 184 Å². The normalized spacial score (nSPS) is 15.5. The van der Waals surface area contributed by atoms with E-state index in [1.165, 1.54) is 0 Å². The number of hydrogen-bond acceptors (Lipinski definition) is 5. The number of rotatable bonds is 8. The molecule has 1 fully saturated rings. The first-order valence-corrected chi connectivity index (χ1v) is 10.8. The van der Waals surface area contributed by atoms with Crippen LogP contribution in [0.15, 0.2) is 78.9 Å². The van der Waals surface area contributed by atoms with Crippen molar-refractivity contribution in [3.05, 3.63) is 78.9 Å². The number of methoxy groups -OCH3 is 1. The number of piperazine rings is 1. The lowest BCUT2D eigenvalue weighted by atomic mass is 10.1. The number of nitrogens with zero attached hydrogens (tertiary/aromatic N) is 2. The molecule has 0 unspecified atom stereocenters. The second-order valence-electron chi connectivity index (χ2n) is 7.79. The lowest BCUT2D eigenvalue weighted by molar-refractivity contribution is 0.0665. The molecule has 0 saturated carbocycles. The predicted molar refractivity (Wildman–Crippen MR) is 125 cm³/mol. The van der Waals surface area contributed by atoms with Gasteiger partial charge in [-0.15, -0.1) is 0 Å². The molecule has 1 aliphatic heterocycles. The van der Waals surface area contributed by atoms with E-state index in [0.29, 0.717) is 6.54 Å². The summed E-state index contributed by atoms with van der Waals surface area (Å²) in [5, 5.41) is 10.6. The average Bonchev–Trinajstić information content (AvgIpc) is 2.84. The highest BCUT2D eigenvalue weighted by Crippen LogP contribution is 2.30. The van der Waals surface area contributed by atoms with Gasteiger partial charge in [-0.3, -0.25) is 4.90 Å². The minimum atomic E-state index is -0.540. The van der Waals surface area contributed by atoms with Crippen molar-refractivity contribution in [3.63, 3.8) is 0 Å². The van der Waals surface area contributed by atoms with Crippen LogP contribution in [-0.2, 0) is 0 Å². The monoisotopic (exact) mass is 418 g/mol. The largest absolute Gasteiger partial charge is 0.495 e. The van der Waals surface area contributed by atoms with E-state index in [9.17, 15) is 5.11 Å². The highest BCUT2D eigenvalue weighted by atomic mass is 16.5. The van der Waals surface area contributed by atoms with Gasteiger partial charge in [-0.1, -0.05) is 60.7 Å². The van der Waals surface area contributed by atoms with E-state index in [0.717, 1.165) is 54.5 Å². The quantitative estimate of drug-likeness (QED) is 0.601. The molecule has 1 aliphatic rings. The summed E-state index contributed by atoms with van der Waals surface area (Å²) in [4.78, 5) is 4.64. The summed E-state index contributed by atoms with van der Waals surface area (Å²) in [6, 6.07) is 26.3. The Balaban J connectivity index is 1.29. The number of benzene rings is 3. The number of hydrogen-bond donors (Lipinski definition) is 1. The molecule has 5 nitrogen and oxygen atoms in total. The lowest BCUT2D eigenvalue weighted by Gasteiger charge is -2.37. The Morgan fingerprint density at radius 3 is 2.19 bits per heavy atom. The van der Waals surface area contributed by atoms with E-state index in [1.54, 1.807) is 7.11 Å². The Morgan fingerprint density at radius 2 is 1.45 bits per heavy atom. The summed E-state index contributed by atoms with van der Waals surface area (Å²) in [6.45, 7) is 4.49. The maximum Gasteiger partial charge on any atom is 0.142 e. The van der Waals surface area contributed by atoms with Crippen molar-refractivity contribution in [1.29, 1.82) is 0 Å². The van der Waals surface area contributed by atoms with Gasteiger partial charge < -0.3 is 19.5 Å². The van der Waals surface area contributed by atoms with E-state index in [-0.39, 0.29) is 6.61 Å². The van der Waals surface area contributed by atoms with Crippen LogP contribution in [0.4, 0.5) is 5.69 Å². The lowest BCUT2D eigenvalue weighted by Crippen LogP contribution is -2.49.